The molecule has 0 saturated carbocycles. The lowest BCUT2D eigenvalue weighted by Gasteiger charge is -2.18. The van der Waals surface area contributed by atoms with Crippen LogP contribution in [0.2, 0.25) is 0 Å². The molecule has 1 heterocycles. The summed E-state index contributed by atoms with van der Waals surface area (Å²) in [4.78, 5) is 3.66. The van der Waals surface area contributed by atoms with Crippen molar-refractivity contribution in [3.05, 3.63) is 17.7 Å². The Morgan fingerprint density at radius 1 is 1.35 bits per heavy atom. The summed E-state index contributed by atoms with van der Waals surface area (Å²) in [6, 6.07) is 0.817. The molecule has 3 nitrogen and oxygen atoms in total. The van der Waals surface area contributed by atoms with Crippen molar-refractivity contribution in [1.82, 2.24) is 4.98 Å². The Kier molecular flexibility index (Phi) is 4.66. The molecule has 0 saturated heterocycles. The summed E-state index contributed by atoms with van der Waals surface area (Å²) in [6.07, 6.45) is 1.96. The third-order valence-electron chi connectivity index (χ3n) is 2.79. The molecule has 0 aliphatic carbocycles. The standard InChI is InChI=1S/C12H19F2N3/c1-4-7(2)5-8(3)16-12-10(14)6-9(13)11(15)17-12/h6-8H,4-5H2,1-3H3,(H3,15,16,17). The monoisotopic (exact) mass is 243 g/mol. The van der Waals surface area contributed by atoms with E-state index < -0.39 is 11.6 Å². The average molecular weight is 243 g/mol. The quantitative estimate of drug-likeness (QED) is 0.835. The zero-order valence-corrected chi connectivity index (χ0v) is 10.4. The lowest BCUT2D eigenvalue weighted by molar-refractivity contribution is 0.480. The lowest BCUT2D eigenvalue weighted by Crippen LogP contribution is -2.20. The summed E-state index contributed by atoms with van der Waals surface area (Å²) in [6.45, 7) is 6.17. The molecule has 0 aliphatic heterocycles. The van der Waals surface area contributed by atoms with E-state index in [1.807, 2.05) is 6.92 Å². The summed E-state index contributed by atoms with van der Waals surface area (Å²) in [5.74, 6) is -1.28. The number of rotatable bonds is 5. The first-order valence-corrected chi connectivity index (χ1v) is 5.82. The van der Waals surface area contributed by atoms with Gasteiger partial charge in [0.15, 0.2) is 23.3 Å². The van der Waals surface area contributed by atoms with E-state index in [0.29, 0.717) is 5.92 Å². The van der Waals surface area contributed by atoms with Crippen molar-refractivity contribution in [2.45, 2.75) is 39.7 Å². The van der Waals surface area contributed by atoms with Gasteiger partial charge in [0, 0.05) is 12.1 Å². The molecule has 96 valence electrons. The number of nitrogens with zero attached hydrogens (tertiary/aromatic N) is 1. The lowest BCUT2D eigenvalue weighted by atomic mass is 10.0. The summed E-state index contributed by atoms with van der Waals surface area (Å²) >= 11 is 0. The minimum atomic E-state index is -0.831. The molecule has 0 amide bonds. The molecule has 0 aromatic carbocycles. The topological polar surface area (TPSA) is 50.9 Å². The maximum atomic E-state index is 13.4. The van der Waals surface area contributed by atoms with Crippen LogP contribution in [0.25, 0.3) is 0 Å². The minimum absolute atomic E-state index is 0.0136. The van der Waals surface area contributed by atoms with Gasteiger partial charge in [0.25, 0.3) is 0 Å². The number of hydrogen-bond acceptors (Lipinski definition) is 3. The van der Waals surface area contributed by atoms with Crippen LogP contribution >= 0.6 is 0 Å². The SMILES string of the molecule is CCC(C)CC(C)Nc1nc(N)c(F)cc1F. The molecule has 0 spiro atoms. The third kappa shape index (κ3) is 3.84. The van der Waals surface area contributed by atoms with Crippen molar-refractivity contribution in [2.24, 2.45) is 5.92 Å². The van der Waals surface area contributed by atoms with Gasteiger partial charge in [-0.3, -0.25) is 0 Å². The first kappa shape index (κ1) is 13.7. The van der Waals surface area contributed by atoms with Gasteiger partial charge in [-0.2, -0.15) is 0 Å². The summed E-state index contributed by atoms with van der Waals surface area (Å²) in [5.41, 5.74) is 5.30. The van der Waals surface area contributed by atoms with Gasteiger partial charge in [-0.25, -0.2) is 13.8 Å². The first-order valence-electron chi connectivity index (χ1n) is 5.82. The Labute approximate surface area is 100 Å². The largest absolute Gasteiger partial charge is 0.381 e. The number of anilines is 2. The predicted octanol–water partition coefficient (Wildman–Crippen LogP) is 3.18. The maximum absolute atomic E-state index is 13.4. The maximum Gasteiger partial charge on any atom is 0.168 e. The zero-order valence-electron chi connectivity index (χ0n) is 10.4. The molecule has 1 aromatic heterocycles. The Bertz CT molecular complexity index is 382. The van der Waals surface area contributed by atoms with Crippen molar-refractivity contribution < 1.29 is 8.78 Å². The van der Waals surface area contributed by atoms with Crippen LogP contribution in [0.1, 0.15) is 33.6 Å². The van der Waals surface area contributed by atoms with Crippen molar-refractivity contribution in [3.8, 4) is 0 Å². The van der Waals surface area contributed by atoms with E-state index in [9.17, 15) is 8.78 Å². The van der Waals surface area contributed by atoms with E-state index in [1.54, 1.807) is 0 Å². The van der Waals surface area contributed by atoms with Crippen LogP contribution in [0, 0.1) is 17.6 Å². The van der Waals surface area contributed by atoms with E-state index in [2.05, 4.69) is 24.1 Å². The normalized spacial score (nSPS) is 14.4. The van der Waals surface area contributed by atoms with Gasteiger partial charge in [-0.1, -0.05) is 20.3 Å². The fourth-order valence-corrected chi connectivity index (χ4v) is 1.64. The van der Waals surface area contributed by atoms with E-state index in [0.717, 1.165) is 18.9 Å². The Morgan fingerprint density at radius 2 is 2.00 bits per heavy atom. The van der Waals surface area contributed by atoms with Gasteiger partial charge in [0.1, 0.15) is 0 Å². The number of hydrogen-bond donors (Lipinski definition) is 2. The van der Waals surface area contributed by atoms with Crippen LogP contribution in [0.4, 0.5) is 20.4 Å². The number of nitrogen functional groups attached to an aromatic ring is 1. The third-order valence-corrected chi connectivity index (χ3v) is 2.79. The number of nitrogens with two attached hydrogens (primary N) is 1. The van der Waals surface area contributed by atoms with Crippen LogP contribution < -0.4 is 11.1 Å². The van der Waals surface area contributed by atoms with Gasteiger partial charge in [-0.15, -0.1) is 0 Å². The van der Waals surface area contributed by atoms with E-state index >= 15 is 0 Å². The Morgan fingerprint density at radius 3 is 2.59 bits per heavy atom. The molecule has 1 rings (SSSR count). The Balaban J connectivity index is 2.71. The molecular formula is C12H19F2N3. The molecule has 0 aliphatic rings. The fraction of sp³-hybridized carbons (Fsp3) is 0.583. The number of pyridine rings is 1. The van der Waals surface area contributed by atoms with Crippen LogP contribution in [0.5, 0.6) is 0 Å². The summed E-state index contributed by atoms with van der Waals surface area (Å²) in [5, 5.41) is 2.91. The second kappa shape index (κ2) is 5.80. The highest BCUT2D eigenvalue weighted by atomic mass is 19.1. The van der Waals surface area contributed by atoms with Gasteiger partial charge in [-0.05, 0) is 19.3 Å². The molecule has 0 radical (unpaired) electrons. The van der Waals surface area contributed by atoms with Crippen molar-refractivity contribution in [1.29, 1.82) is 0 Å². The molecule has 5 heteroatoms. The molecular weight excluding hydrogens is 224 g/mol. The smallest absolute Gasteiger partial charge is 0.168 e. The van der Waals surface area contributed by atoms with E-state index in [-0.39, 0.29) is 17.7 Å². The molecule has 17 heavy (non-hydrogen) atoms. The van der Waals surface area contributed by atoms with Crippen molar-refractivity contribution in [3.63, 3.8) is 0 Å². The minimum Gasteiger partial charge on any atom is -0.381 e. The molecule has 0 fully saturated rings. The van der Waals surface area contributed by atoms with Gasteiger partial charge >= 0.3 is 0 Å². The highest BCUT2D eigenvalue weighted by molar-refractivity contribution is 5.45. The molecule has 2 atom stereocenters. The van der Waals surface area contributed by atoms with E-state index in [1.165, 1.54) is 0 Å². The fourth-order valence-electron chi connectivity index (χ4n) is 1.64. The summed E-state index contributed by atoms with van der Waals surface area (Å²) in [7, 11) is 0. The molecule has 3 N–H and O–H groups in total. The molecule has 2 unspecified atom stereocenters. The second-order valence-corrected chi connectivity index (χ2v) is 4.48. The number of halogens is 2. The van der Waals surface area contributed by atoms with Gasteiger partial charge < -0.3 is 11.1 Å². The van der Waals surface area contributed by atoms with Crippen LogP contribution in [0.3, 0.4) is 0 Å². The van der Waals surface area contributed by atoms with Crippen LogP contribution in [0.15, 0.2) is 6.07 Å². The summed E-state index contributed by atoms with van der Waals surface area (Å²) < 4.78 is 26.3. The number of nitrogens with one attached hydrogen (secondary N) is 1. The predicted molar refractivity (Wildman–Crippen MR) is 65.7 cm³/mol. The van der Waals surface area contributed by atoms with Crippen molar-refractivity contribution >= 4 is 11.6 Å². The van der Waals surface area contributed by atoms with E-state index in [4.69, 9.17) is 5.73 Å². The first-order chi connectivity index (χ1) is 7.93. The zero-order chi connectivity index (χ0) is 13.0. The average Bonchev–Trinajstić information content (AvgIpc) is 2.25. The molecule has 1 aromatic rings. The van der Waals surface area contributed by atoms with Gasteiger partial charge in [0.2, 0.25) is 0 Å². The highest BCUT2D eigenvalue weighted by Gasteiger charge is 2.13. The highest BCUT2D eigenvalue weighted by Crippen LogP contribution is 2.19. The number of aromatic nitrogens is 1. The Hall–Kier alpha value is -1.39. The van der Waals surface area contributed by atoms with Crippen LogP contribution in [-0.2, 0) is 0 Å². The molecule has 0 bridgehead atoms. The van der Waals surface area contributed by atoms with Crippen LogP contribution in [-0.4, -0.2) is 11.0 Å². The second-order valence-electron chi connectivity index (χ2n) is 4.48. The van der Waals surface area contributed by atoms with Gasteiger partial charge in [0.05, 0.1) is 0 Å². The van der Waals surface area contributed by atoms with Crippen molar-refractivity contribution in [2.75, 3.05) is 11.1 Å².